The molecule has 0 radical (unpaired) electrons. The first-order valence-electron chi connectivity index (χ1n) is 16.5. The van der Waals surface area contributed by atoms with Crippen molar-refractivity contribution in [3.63, 3.8) is 0 Å². The number of amides is 3. The third kappa shape index (κ3) is 10.9. The molecule has 1 aromatic heterocycles. The Kier molecular flexibility index (Phi) is 13.1. The Morgan fingerprint density at radius 3 is 2.25 bits per heavy atom. The number of thiazole rings is 1. The van der Waals surface area contributed by atoms with Crippen LogP contribution >= 0.6 is 11.3 Å². The molecule has 1 aliphatic rings. The van der Waals surface area contributed by atoms with Crippen molar-refractivity contribution >= 4 is 40.2 Å². The summed E-state index contributed by atoms with van der Waals surface area (Å²) in [5, 5.41) is 10.2. The first kappa shape index (κ1) is 36.5. The maximum Gasteiger partial charge on any atom is 0.408 e. The van der Waals surface area contributed by atoms with Crippen LogP contribution in [0.25, 0.3) is 0 Å². The number of alkyl carbamates (subject to hydrolysis) is 1. The molecule has 0 aliphatic carbocycles. The molecule has 11 nitrogen and oxygen atoms in total. The van der Waals surface area contributed by atoms with Gasteiger partial charge in [0.15, 0.2) is 10.9 Å². The molecule has 4 rings (SSSR count). The van der Waals surface area contributed by atoms with Gasteiger partial charge in [-0.25, -0.2) is 9.78 Å². The quantitative estimate of drug-likeness (QED) is 0.174. The maximum atomic E-state index is 14.1. The van der Waals surface area contributed by atoms with E-state index in [1.165, 1.54) is 19.3 Å². The zero-order chi connectivity index (χ0) is 34.7. The molecule has 3 N–H and O–H groups in total. The van der Waals surface area contributed by atoms with E-state index in [2.05, 4.69) is 25.8 Å². The van der Waals surface area contributed by atoms with Gasteiger partial charge in [-0.05, 0) is 70.0 Å². The number of anilines is 1. The lowest BCUT2D eigenvalue weighted by Crippen LogP contribution is -2.51. The maximum absolute atomic E-state index is 14.1. The summed E-state index contributed by atoms with van der Waals surface area (Å²) >= 11 is 1.13. The molecule has 2 heterocycles. The lowest BCUT2D eigenvalue weighted by Gasteiger charge is -2.28. The minimum Gasteiger partial charge on any atom is -0.492 e. The highest BCUT2D eigenvalue weighted by molar-refractivity contribution is 7.14. The number of piperidine rings is 1. The van der Waals surface area contributed by atoms with Crippen molar-refractivity contribution in [2.45, 2.75) is 83.9 Å². The van der Waals surface area contributed by atoms with Crippen molar-refractivity contribution in [1.29, 1.82) is 0 Å². The van der Waals surface area contributed by atoms with Gasteiger partial charge in [-0.1, -0.05) is 62.7 Å². The zero-order valence-corrected chi connectivity index (χ0v) is 29.2. The van der Waals surface area contributed by atoms with E-state index in [4.69, 9.17) is 9.47 Å². The summed E-state index contributed by atoms with van der Waals surface area (Å²) in [7, 11) is 0. The van der Waals surface area contributed by atoms with Gasteiger partial charge in [0.05, 0.1) is 0 Å². The predicted molar refractivity (Wildman–Crippen MR) is 186 cm³/mol. The number of hydrogen-bond donors (Lipinski definition) is 3. The molecule has 1 aliphatic heterocycles. The molecule has 3 atom stereocenters. The molecule has 3 aromatic rings. The fourth-order valence-electron chi connectivity index (χ4n) is 5.38. The van der Waals surface area contributed by atoms with E-state index in [0.717, 1.165) is 36.5 Å². The molecule has 48 heavy (non-hydrogen) atoms. The van der Waals surface area contributed by atoms with Crippen LogP contribution in [0.1, 0.15) is 93.9 Å². The largest absolute Gasteiger partial charge is 0.492 e. The monoisotopic (exact) mass is 677 g/mol. The average molecular weight is 678 g/mol. The number of Topliss-reactive ketones (excluding diaryl/α,β-unsaturated/α-hetero) is 1. The van der Waals surface area contributed by atoms with Crippen molar-refractivity contribution in [2.24, 2.45) is 0 Å². The zero-order valence-electron chi connectivity index (χ0n) is 28.4. The second-order valence-electron chi connectivity index (χ2n) is 12.9. The number of likely N-dealkylation sites (tertiary alicyclic amines) is 1. The number of benzene rings is 2. The van der Waals surface area contributed by atoms with Gasteiger partial charge in [0.1, 0.15) is 35.7 Å². The smallest absolute Gasteiger partial charge is 0.408 e. The van der Waals surface area contributed by atoms with Crippen LogP contribution in [0.5, 0.6) is 5.75 Å². The highest BCUT2D eigenvalue weighted by Gasteiger charge is 2.33. The van der Waals surface area contributed by atoms with Crippen LogP contribution in [-0.4, -0.2) is 71.5 Å². The van der Waals surface area contributed by atoms with E-state index in [1.54, 1.807) is 57.3 Å². The lowest BCUT2D eigenvalue weighted by atomic mass is 9.92. The van der Waals surface area contributed by atoms with Gasteiger partial charge in [0.2, 0.25) is 11.8 Å². The summed E-state index contributed by atoms with van der Waals surface area (Å²) < 4.78 is 11.5. The molecule has 1 fully saturated rings. The number of rotatable bonds is 14. The summed E-state index contributed by atoms with van der Waals surface area (Å²) in [5.74, 6) is -1.08. The van der Waals surface area contributed by atoms with Crippen molar-refractivity contribution < 1.29 is 28.7 Å². The second kappa shape index (κ2) is 17.2. The molecule has 0 bridgehead atoms. The van der Waals surface area contributed by atoms with Gasteiger partial charge >= 0.3 is 6.09 Å². The molecule has 1 saturated heterocycles. The van der Waals surface area contributed by atoms with Crippen molar-refractivity contribution in [3.05, 3.63) is 76.8 Å². The van der Waals surface area contributed by atoms with E-state index >= 15 is 0 Å². The van der Waals surface area contributed by atoms with E-state index in [1.807, 2.05) is 37.3 Å². The highest BCUT2D eigenvalue weighted by Crippen LogP contribution is 2.25. The van der Waals surface area contributed by atoms with Gasteiger partial charge in [-0.3, -0.25) is 19.3 Å². The molecular weight excluding hydrogens is 630 g/mol. The van der Waals surface area contributed by atoms with Gasteiger partial charge in [-0.15, -0.1) is 11.3 Å². The minimum atomic E-state index is -1.19. The van der Waals surface area contributed by atoms with Crippen LogP contribution in [0.15, 0.2) is 60.0 Å². The van der Waals surface area contributed by atoms with Crippen LogP contribution in [-0.2, 0) is 14.3 Å². The lowest BCUT2D eigenvalue weighted by molar-refractivity contribution is -0.128. The summed E-state index contributed by atoms with van der Waals surface area (Å²) in [5.41, 5.74) is 0.778. The molecule has 2 aromatic carbocycles. The Labute approximate surface area is 286 Å². The average Bonchev–Trinajstić information content (AvgIpc) is 3.54. The van der Waals surface area contributed by atoms with Crippen LogP contribution < -0.4 is 20.7 Å². The third-order valence-electron chi connectivity index (χ3n) is 8.01. The van der Waals surface area contributed by atoms with Crippen molar-refractivity contribution in [1.82, 2.24) is 20.5 Å². The summed E-state index contributed by atoms with van der Waals surface area (Å²) in [6.07, 6.45) is 3.20. The fraction of sp³-hybridized carbons (Fsp3) is 0.472. The van der Waals surface area contributed by atoms with E-state index < -0.39 is 41.5 Å². The Bertz CT molecular complexity index is 1520. The van der Waals surface area contributed by atoms with E-state index in [9.17, 15) is 19.2 Å². The Hall–Kier alpha value is -4.29. The van der Waals surface area contributed by atoms with Gasteiger partial charge in [-0.2, -0.15) is 0 Å². The first-order chi connectivity index (χ1) is 22.9. The second-order valence-corrected chi connectivity index (χ2v) is 13.7. The van der Waals surface area contributed by atoms with Gasteiger partial charge < -0.3 is 25.4 Å². The van der Waals surface area contributed by atoms with Gasteiger partial charge in [0, 0.05) is 24.3 Å². The molecule has 3 amide bonds. The molecule has 12 heteroatoms. The van der Waals surface area contributed by atoms with Gasteiger partial charge in [0.25, 0.3) is 0 Å². The summed E-state index contributed by atoms with van der Waals surface area (Å²) in [6.45, 7) is 12.3. The van der Waals surface area contributed by atoms with E-state index in [-0.39, 0.29) is 16.6 Å². The Balaban J connectivity index is 1.54. The molecule has 0 unspecified atom stereocenters. The van der Waals surface area contributed by atoms with Crippen LogP contribution in [0.3, 0.4) is 0 Å². The normalized spacial score (nSPS) is 15.4. The number of aromatic nitrogens is 1. The summed E-state index contributed by atoms with van der Waals surface area (Å²) in [6, 6.07) is 14.0. The number of carbonyl (C=O) groups excluding carboxylic acids is 4. The summed E-state index contributed by atoms with van der Waals surface area (Å²) in [4.78, 5) is 59.6. The fourth-order valence-corrected chi connectivity index (χ4v) is 6.10. The highest BCUT2D eigenvalue weighted by atomic mass is 32.1. The minimum absolute atomic E-state index is 0.135. The molecule has 258 valence electrons. The molecular formula is C36H47N5O6S. The van der Waals surface area contributed by atoms with E-state index in [0.29, 0.717) is 24.3 Å². The van der Waals surface area contributed by atoms with Crippen molar-refractivity contribution in [2.75, 3.05) is 31.6 Å². The number of carbonyl (C=O) groups is 4. The Morgan fingerprint density at radius 2 is 1.60 bits per heavy atom. The molecule has 0 saturated carbocycles. The SMILES string of the molecule is CCC(=O)c1csc(NC(=O)[C@@H](NC(=O)[C@H](NC(=O)OC(C)(C)C)c2ccc(OCCN3CCCCC3)cc2)[C@@H](C)c2ccccc2)n1. The van der Waals surface area contributed by atoms with Crippen LogP contribution in [0.2, 0.25) is 0 Å². The van der Waals surface area contributed by atoms with Crippen LogP contribution in [0.4, 0.5) is 9.93 Å². The standard InChI is InChI=1S/C36H47N5O6S/c1-6-29(42)28-23-48-34(37-28)40-32(43)30(24(2)25-13-9-7-10-14-25)38-33(44)31(39-35(45)47-36(3,4)5)26-15-17-27(18-16-26)46-22-21-41-19-11-8-12-20-41/h7,9-10,13-18,23-24,30-31H,6,8,11-12,19-22H2,1-5H3,(H,38,44)(H,39,45)(H,37,40,43)/t24-,30-,31+/m0/s1. The number of ketones is 1. The number of nitrogens with one attached hydrogen (secondary N) is 3. The Morgan fingerprint density at radius 1 is 0.917 bits per heavy atom. The molecule has 0 spiro atoms. The third-order valence-corrected chi connectivity index (χ3v) is 8.77. The first-order valence-corrected chi connectivity index (χ1v) is 17.4. The number of hydrogen-bond acceptors (Lipinski definition) is 9. The topological polar surface area (TPSA) is 139 Å². The van der Waals surface area contributed by atoms with Crippen LogP contribution in [0, 0.1) is 0 Å². The predicted octanol–water partition coefficient (Wildman–Crippen LogP) is 6.09. The number of nitrogens with zero attached hydrogens (tertiary/aromatic N) is 2. The van der Waals surface area contributed by atoms with Crippen molar-refractivity contribution in [3.8, 4) is 5.75 Å². The number of ether oxygens (including phenoxy) is 2.